The summed E-state index contributed by atoms with van der Waals surface area (Å²) in [7, 11) is 0. The van der Waals surface area contributed by atoms with Crippen molar-refractivity contribution in [3.63, 3.8) is 0 Å². The summed E-state index contributed by atoms with van der Waals surface area (Å²) in [5, 5.41) is 5.44. The molecule has 0 spiro atoms. The van der Waals surface area contributed by atoms with Gasteiger partial charge in [-0.05, 0) is 32.4 Å². The molecule has 2 N–H and O–H groups in total. The van der Waals surface area contributed by atoms with Crippen molar-refractivity contribution < 1.29 is 14.4 Å². The van der Waals surface area contributed by atoms with Crippen LogP contribution in [-0.2, 0) is 14.4 Å². The molecule has 1 aliphatic heterocycles. The van der Waals surface area contributed by atoms with E-state index in [9.17, 15) is 14.4 Å². The lowest BCUT2D eigenvalue weighted by Crippen LogP contribution is -2.53. The van der Waals surface area contributed by atoms with Gasteiger partial charge in [-0.25, -0.2) is 0 Å². The van der Waals surface area contributed by atoms with Crippen LogP contribution in [0.3, 0.4) is 0 Å². The molecular formula is C18H26N4O3. The largest absolute Gasteiger partial charge is 0.355 e. The highest BCUT2D eigenvalue weighted by molar-refractivity contribution is 6.39. The minimum atomic E-state index is -0.621. The minimum absolute atomic E-state index is 0.0186. The van der Waals surface area contributed by atoms with Crippen molar-refractivity contribution in [1.82, 2.24) is 15.1 Å². The summed E-state index contributed by atoms with van der Waals surface area (Å²) in [6.45, 7) is 8.73. The Balaban J connectivity index is 1.85. The van der Waals surface area contributed by atoms with Crippen molar-refractivity contribution in [3.05, 3.63) is 29.3 Å². The Labute approximate surface area is 148 Å². The Morgan fingerprint density at radius 2 is 1.76 bits per heavy atom. The number of benzene rings is 1. The number of anilines is 1. The van der Waals surface area contributed by atoms with Gasteiger partial charge < -0.3 is 15.5 Å². The highest BCUT2D eigenvalue weighted by Crippen LogP contribution is 2.16. The van der Waals surface area contributed by atoms with E-state index in [2.05, 4.69) is 10.6 Å². The highest BCUT2D eigenvalue weighted by Gasteiger charge is 2.26. The van der Waals surface area contributed by atoms with Gasteiger partial charge in [0, 0.05) is 38.4 Å². The van der Waals surface area contributed by atoms with Gasteiger partial charge in [0.15, 0.2) is 0 Å². The first-order valence-electron chi connectivity index (χ1n) is 8.57. The van der Waals surface area contributed by atoms with Gasteiger partial charge in [0.25, 0.3) is 0 Å². The molecule has 1 fully saturated rings. The van der Waals surface area contributed by atoms with Crippen LogP contribution < -0.4 is 10.6 Å². The van der Waals surface area contributed by atoms with E-state index in [1.54, 1.807) is 6.07 Å². The molecule has 2 rings (SSSR count). The standard InChI is InChI=1S/C18H26N4O3/c1-4-19-16(23)12-21-7-9-22(10-8-21)18(25)17(24)20-15-6-5-13(2)11-14(15)3/h5-6,11H,4,7-10,12H2,1-3H3,(H,19,23)(H,20,24). The molecule has 1 heterocycles. The second-order valence-electron chi connectivity index (χ2n) is 6.29. The van der Waals surface area contributed by atoms with Gasteiger partial charge in [0.1, 0.15) is 0 Å². The first-order chi connectivity index (χ1) is 11.9. The van der Waals surface area contributed by atoms with E-state index in [1.807, 2.05) is 37.8 Å². The number of carbonyl (C=O) groups is 3. The van der Waals surface area contributed by atoms with Gasteiger partial charge in [-0.1, -0.05) is 17.7 Å². The Kier molecular flexibility index (Phi) is 6.52. The van der Waals surface area contributed by atoms with Gasteiger partial charge in [-0.15, -0.1) is 0 Å². The number of rotatable bonds is 4. The predicted molar refractivity (Wildman–Crippen MR) is 96.2 cm³/mol. The maximum Gasteiger partial charge on any atom is 0.313 e. The van der Waals surface area contributed by atoms with Crippen LogP contribution in [-0.4, -0.2) is 66.8 Å². The maximum absolute atomic E-state index is 12.3. The zero-order valence-corrected chi connectivity index (χ0v) is 15.1. The van der Waals surface area contributed by atoms with E-state index in [4.69, 9.17) is 0 Å². The number of hydrogen-bond donors (Lipinski definition) is 2. The number of likely N-dealkylation sites (N-methyl/N-ethyl adjacent to an activating group) is 1. The van der Waals surface area contributed by atoms with E-state index in [0.29, 0.717) is 45.0 Å². The normalized spacial score (nSPS) is 14.9. The van der Waals surface area contributed by atoms with Crippen LogP contribution in [0.15, 0.2) is 18.2 Å². The third-order valence-electron chi connectivity index (χ3n) is 4.23. The van der Waals surface area contributed by atoms with Crippen molar-refractivity contribution in [3.8, 4) is 0 Å². The molecule has 7 heteroatoms. The summed E-state index contributed by atoms with van der Waals surface area (Å²) in [5.41, 5.74) is 2.68. The Bertz CT molecular complexity index is 652. The quantitative estimate of drug-likeness (QED) is 0.779. The summed E-state index contributed by atoms with van der Waals surface area (Å²) in [4.78, 5) is 39.7. The molecule has 136 valence electrons. The molecule has 0 aromatic heterocycles. The van der Waals surface area contributed by atoms with Gasteiger partial charge in [-0.3, -0.25) is 19.3 Å². The van der Waals surface area contributed by atoms with Crippen LogP contribution in [0.2, 0.25) is 0 Å². The number of amides is 3. The highest BCUT2D eigenvalue weighted by atomic mass is 16.2. The molecule has 25 heavy (non-hydrogen) atoms. The molecule has 0 aliphatic carbocycles. The summed E-state index contributed by atoms with van der Waals surface area (Å²) < 4.78 is 0. The van der Waals surface area contributed by atoms with E-state index in [1.165, 1.54) is 4.90 Å². The molecule has 0 saturated carbocycles. The predicted octanol–water partition coefficient (Wildman–Crippen LogP) is 0.522. The van der Waals surface area contributed by atoms with Gasteiger partial charge in [0.2, 0.25) is 5.91 Å². The van der Waals surface area contributed by atoms with Crippen LogP contribution in [0.5, 0.6) is 0 Å². The number of nitrogens with one attached hydrogen (secondary N) is 2. The Hall–Kier alpha value is -2.41. The molecule has 1 aromatic rings. The SMILES string of the molecule is CCNC(=O)CN1CCN(C(=O)C(=O)Nc2ccc(C)cc2C)CC1. The average Bonchev–Trinajstić information content (AvgIpc) is 2.57. The first kappa shape index (κ1) is 18.9. The lowest BCUT2D eigenvalue weighted by Gasteiger charge is -2.33. The van der Waals surface area contributed by atoms with Crippen molar-refractivity contribution in [2.24, 2.45) is 0 Å². The molecule has 7 nitrogen and oxygen atoms in total. The summed E-state index contributed by atoms with van der Waals surface area (Å²) >= 11 is 0. The summed E-state index contributed by atoms with van der Waals surface area (Å²) in [6.07, 6.45) is 0. The van der Waals surface area contributed by atoms with E-state index in [0.717, 1.165) is 11.1 Å². The van der Waals surface area contributed by atoms with Gasteiger partial charge in [0.05, 0.1) is 6.54 Å². The van der Waals surface area contributed by atoms with Gasteiger partial charge >= 0.3 is 11.8 Å². The topological polar surface area (TPSA) is 81.8 Å². The summed E-state index contributed by atoms with van der Waals surface area (Å²) in [6, 6.07) is 5.66. The summed E-state index contributed by atoms with van der Waals surface area (Å²) in [5.74, 6) is -1.17. The fraction of sp³-hybridized carbons (Fsp3) is 0.500. The lowest BCUT2D eigenvalue weighted by molar-refractivity contribution is -0.144. The molecule has 1 aromatic carbocycles. The maximum atomic E-state index is 12.3. The number of carbonyl (C=O) groups excluding carboxylic acids is 3. The molecule has 0 atom stereocenters. The first-order valence-corrected chi connectivity index (χ1v) is 8.57. The smallest absolute Gasteiger partial charge is 0.313 e. The second kappa shape index (κ2) is 8.62. The van der Waals surface area contributed by atoms with Crippen molar-refractivity contribution in [2.45, 2.75) is 20.8 Å². The molecule has 1 saturated heterocycles. The monoisotopic (exact) mass is 346 g/mol. The minimum Gasteiger partial charge on any atom is -0.355 e. The van der Waals surface area contributed by atoms with Gasteiger partial charge in [-0.2, -0.15) is 0 Å². The molecule has 0 bridgehead atoms. The van der Waals surface area contributed by atoms with Crippen LogP contribution in [0.4, 0.5) is 5.69 Å². The second-order valence-corrected chi connectivity index (χ2v) is 6.29. The molecule has 0 radical (unpaired) electrons. The molecule has 0 unspecified atom stereocenters. The number of piperazine rings is 1. The van der Waals surface area contributed by atoms with Crippen LogP contribution in [0.1, 0.15) is 18.1 Å². The third-order valence-corrected chi connectivity index (χ3v) is 4.23. The molecular weight excluding hydrogens is 320 g/mol. The van der Waals surface area contributed by atoms with Crippen LogP contribution in [0, 0.1) is 13.8 Å². The zero-order valence-electron chi connectivity index (χ0n) is 15.1. The number of nitrogens with zero attached hydrogens (tertiary/aromatic N) is 2. The van der Waals surface area contributed by atoms with Crippen molar-refractivity contribution in [2.75, 3.05) is 44.6 Å². The fourth-order valence-electron chi connectivity index (χ4n) is 2.84. The number of aryl methyl sites for hydroxylation is 2. The zero-order chi connectivity index (χ0) is 18.4. The van der Waals surface area contributed by atoms with Crippen molar-refractivity contribution >= 4 is 23.4 Å². The average molecular weight is 346 g/mol. The Morgan fingerprint density at radius 3 is 2.36 bits per heavy atom. The van der Waals surface area contributed by atoms with Crippen LogP contribution in [0.25, 0.3) is 0 Å². The van der Waals surface area contributed by atoms with E-state index < -0.39 is 11.8 Å². The number of hydrogen-bond acceptors (Lipinski definition) is 4. The Morgan fingerprint density at radius 1 is 1.08 bits per heavy atom. The van der Waals surface area contributed by atoms with E-state index >= 15 is 0 Å². The molecule has 1 aliphatic rings. The van der Waals surface area contributed by atoms with Crippen LogP contribution >= 0.6 is 0 Å². The lowest BCUT2D eigenvalue weighted by atomic mass is 10.1. The fourth-order valence-corrected chi connectivity index (χ4v) is 2.84. The van der Waals surface area contributed by atoms with E-state index in [-0.39, 0.29) is 5.91 Å². The third kappa shape index (κ3) is 5.29. The van der Waals surface area contributed by atoms with Crippen molar-refractivity contribution in [1.29, 1.82) is 0 Å². The molecule has 3 amide bonds.